The van der Waals surface area contributed by atoms with Crippen LogP contribution in [-0.4, -0.2) is 15.8 Å². The van der Waals surface area contributed by atoms with E-state index in [4.69, 9.17) is 0 Å². The van der Waals surface area contributed by atoms with Crippen LogP contribution in [0.3, 0.4) is 0 Å². The van der Waals surface area contributed by atoms with Crippen molar-refractivity contribution in [3.05, 3.63) is 17.5 Å². The lowest BCUT2D eigenvalue weighted by atomic mass is 9.95. The predicted molar refractivity (Wildman–Crippen MR) is 68.3 cm³/mol. The van der Waals surface area contributed by atoms with Gasteiger partial charge in [-0.25, -0.2) is 0 Å². The molecule has 0 fully saturated rings. The molecule has 0 radical (unpaired) electrons. The first-order valence-electron chi connectivity index (χ1n) is 6.30. The van der Waals surface area contributed by atoms with Crippen molar-refractivity contribution in [2.24, 2.45) is 13.0 Å². The molecule has 1 aromatic heterocycles. The van der Waals surface area contributed by atoms with E-state index in [9.17, 15) is 0 Å². The molecule has 0 saturated carbocycles. The maximum atomic E-state index is 4.26. The fraction of sp³-hybridized carbons (Fsp3) is 0.769. The molecule has 0 aliphatic heterocycles. The molecule has 0 amide bonds. The third-order valence-corrected chi connectivity index (χ3v) is 3.71. The summed E-state index contributed by atoms with van der Waals surface area (Å²) in [5, 5.41) is 7.86. The first-order valence-corrected chi connectivity index (χ1v) is 6.30. The number of nitrogens with one attached hydrogen (secondary N) is 1. The van der Waals surface area contributed by atoms with Crippen LogP contribution < -0.4 is 5.32 Å². The Kier molecular flexibility index (Phi) is 5.00. The standard InChI is InChI=1S/C13H25N3/c1-6-12(7-2)10(3)14-8-13-9-15-16(5)11(13)4/h9-10,12,14H,6-8H2,1-5H3. The lowest BCUT2D eigenvalue weighted by molar-refractivity contribution is 0.353. The maximum absolute atomic E-state index is 4.26. The molecule has 16 heavy (non-hydrogen) atoms. The molecule has 0 spiro atoms. The second-order valence-corrected chi connectivity index (χ2v) is 4.62. The van der Waals surface area contributed by atoms with E-state index in [-0.39, 0.29) is 0 Å². The summed E-state index contributed by atoms with van der Waals surface area (Å²) in [6.45, 7) is 9.86. The molecule has 3 heteroatoms. The summed E-state index contributed by atoms with van der Waals surface area (Å²) >= 11 is 0. The van der Waals surface area contributed by atoms with E-state index in [1.807, 2.05) is 17.9 Å². The smallest absolute Gasteiger partial charge is 0.0537 e. The average molecular weight is 223 g/mol. The number of rotatable bonds is 6. The molecule has 92 valence electrons. The summed E-state index contributed by atoms with van der Waals surface area (Å²) in [4.78, 5) is 0. The molecule has 0 saturated heterocycles. The van der Waals surface area contributed by atoms with Gasteiger partial charge in [-0.2, -0.15) is 5.10 Å². The number of aryl methyl sites for hydroxylation is 1. The zero-order chi connectivity index (χ0) is 12.1. The van der Waals surface area contributed by atoms with Gasteiger partial charge >= 0.3 is 0 Å². The van der Waals surface area contributed by atoms with Crippen molar-refractivity contribution in [3.63, 3.8) is 0 Å². The SMILES string of the molecule is CCC(CC)C(C)NCc1cnn(C)c1C. The molecule has 0 bridgehead atoms. The third-order valence-electron chi connectivity index (χ3n) is 3.71. The highest BCUT2D eigenvalue weighted by Crippen LogP contribution is 2.13. The van der Waals surface area contributed by atoms with Gasteiger partial charge in [0.25, 0.3) is 0 Å². The first-order chi connectivity index (χ1) is 7.60. The van der Waals surface area contributed by atoms with Crippen molar-refractivity contribution in [3.8, 4) is 0 Å². The first kappa shape index (κ1) is 13.2. The fourth-order valence-electron chi connectivity index (χ4n) is 2.15. The van der Waals surface area contributed by atoms with Crippen molar-refractivity contribution in [1.29, 1.82) is 0 Å². The van der Waals surface area contributed by atoms with Crippen molar-refractivity contribution in [1.82, 2.24) is 15.1 Å². The lowest BCUT2D eigenvalue weighted by Crippen LogP contribution is -2.32. The number of hydrogen-bond acceptors (Lipinski definition) is 2. The topological polar surface area (TPSA) is 29.9 Å². The zero-order valence-electron chi connectivity index (χ0n) is 11.2. The lowest BCUT2D eigenvalue weighted by Gasteiger charge is -2.22. The molecule has 1 aromatic rings. The van der Waals surface area contributed by atoms with Gasteiger partial charge in [-0.05, 0) is 19.8 Å². The van der Waals surface area contributed by atoms with Gasteiger partial charge in [-0.3, -0.25) is 4.68 Å². The van der Waals surface area contributed by atoms with E-state index < -0.39 is 0 Å². The molecule has 3 nitrogen and oxygen atoms in total. The van der Waals surface area contributed by atoms with E-state index in [1.54, 1.807) is 0 Å². The van der Waals surface area contributed by atoms with Gasteiger partial charge in [0.1, 0.15) is 0 Å². The summed E-state index contributed by atoms with van der Waals surface area (Å²) < 4.78 is 1.93. The Bertz CT molecular complexity index is 313. The van der Waals surface area contributed by atoms with Gasteiger partial charge < -0.3 is 5.32 Å². The summed E-state index contributed by atoms with van der Waals surface area (Å²) in [5.41, 5.74) is 2.56. The summed E-state index contributed by atoms with van der Waals surface area (Å²) in [7, 11) is 1.99. The molecule has 1 heterocycles. The molecule has 0 aliphatic rings. The highest BCUT2D eigenvalue weighted by Gasteiger charge is 2.13. The molecule has 1 atom stereocenters. The second-order valence-electron chi connectivity index (χ2n) is 4.62. The molecular formula is C13H25N3. The number of nitrogens with zero attached hydrogens (tertiary/aromatic N) is 2. The molecule has 1 unspecified atom stereocenters. The van der Waals surface area contributed by atoms with Gasteiger partial charge in [0.05, 0.1) is 6.20 Å². The Morgan fingerprint density at radius 1 is 1.38 bits per heavy atom. The van der Waals surface area contributed by atoms with Crippen LogP contribution >= 0.6 is 0 Å². The number of aromatic nitrogens is 2. The largest absolute Gasteiger partial charge is 0.310 e. The highest BCUT2D eigenvalue weighted by molar-refractivity contribution is 5.15. The van der Waals surface area contributed by atoms with Crippen LogP contribution in [0.2, 0.25) is 0 Å². The predicted octanol–water partition coefficient (Wildman–Crippen LogP) is 2.64. The van der Waals surface area contributed by atoms with Crippen LogP contribution in [0.1, 0.15) is 44.9 Å². The van der Waals surface area contributed by atoms with E-state index in [2.05, 4.69) is 38.1 Å². The van der Waals surface area contributed by atoms with Crippen molar-refractivity contribution in [2.45, 2.75) is 53.1 Å². The van der Waals surface area contributed by atoms with Crippen molar-refractivity contribution in [2.75, 3.05) is 0 Å². The van der Waals surface area contributed by atoms with Crippen LogP contribution in [0, 0.1) is 12.8 Å². The Hall–Kier alpha value is -0.830. The minimum absolute atomic E-state index is 0.578. The number of hydrogen-bond donors (Lipinski definition) is 1. The van der Waals surface area contributed by atoms with E-state index in [0.717, 1.165) is 12.5 Å². The summed E-state index contributed by atoms with van der Waals surface area (Å²) in [6, 6.07) is 0.578. The minimum Gasteiger partial charge on any atom is -0.310 e. The quantitative estimate of drug-likeness (QED) is 0.803. The van der Waals surface area contributed by atoms with Gasteiger partial charge in [-0.15, -0.1) is 0 Å². The molecule has 1 N–H and O–H groups in total. The van der Waals surface area contributed by atoms with Gasteiger partial charge in [-0.1, -0.05) is 26.7 Å². The minimum atomic E-state index is 0.578. The van der Waals surface area contributed by atoms with E-state index >= 15 is 0 Å². The Balaban J connectivity index is 2.48. The Morgan fingerprint density at radius 2 is 2.00 bits per heavy atom. The van der Waals surface area contributed by atoms with Crippen LogP contribution in [0.25, 0.3) is 0 Å². The normalized spacial score (nSPS) is 13.4. The average Bonchev–Trinajstić information content (AvgIpc) is 2.59. The van der Waals surface area contributed by atoms with Gasteiger partial charge in [0, 0.05) is 30.9 Å². The van der Waals surface area contributed by atoms with Gasteiger partial charge in [0.2, 0.25) is 0 Å². The Morgan fingerprint density at radius 3 is 2.44 bits per heavy atom. The maximum Gasteiger partial charge on any atom is 0.0537 e. The van der Waals surface area contributed by atoms with Crippen molar-refractivity contribution < 1.29 is 0 Å². The fourth-order valence-corrected chi connectivity index (χ4v) is 2.15. The van der Waals surface area contributed by atoms with Crippen LogP contribution in [-0.2, 0) is 13.6 Å². The molecular weight excluding hydrogens is 198 g/mol. The molecule has 1 rings (SSSR count). The van der Waals surface area contributed by atoms with E-state index in [1.165, 1.54) is 24.1 Å². The zero-order valence-corrected chi connectivity index (χ0v) is 11.2. The summed E-state index contributed by atoms with van der Waals surface area (Å²) in [6.07, 6.45) is 4.45. The second kappa shape index (κ2) is 6.04. The highest BCUT2D eigenvalue weighted by atomic mass is 15.3. The molecule has 0 aromatic carbocycles. The van der Waals surface area contributed by atoms with E-state index in [0.29, 0.717) is 6.04 Å². The van der Waals surface area contributed by atoms with Crippen molar-refractivity contribution >= 4 is 0 Å². The van der Waals surface area contributed by atoms with Crippen LogP contribution in [0.4, 0.5) is 0 Å². The summed E-state index contributed by atoms with van der Waals surface area (Å²) in [5.74, 6) is 0.775. The Labute approximate surface area is 99.2 Å². The third kappa shape index (κ3) is 3.08. The van der Waals surface area contributed by atoms with Crippen LogP contribution in [0.5, 0.6) is 0 Å². The monoisotopic (exact) mass is 223 g/mol. The van der Waals surface area contributed by atoms with Crippen LogP contribution in [0.15, 0.2) is 6.20 Å². The molecule has 0 aliphatic carbocycles. The van der Waals surface area contributed by atoms with Gasteiger partial charge in [0.15, 0.2) is 0 Å².